The molecule has 0 bridgehead atoms. The molecule has 5 nitrogen and oxygen atoms in total. The first-order valence-electron chi connectivity index (χ1n) is 10.2. The quantitative estimate of drug-likeness (QED) is 0.154. The normalized spacial score (nSPS) is 14.2. The number of carbonyl (C=O) groups excluding carboxylic acids is 1. The summed E-state index contributed by atoms with van der Waals surface area (Å²) in [5.74, 6) is 0.448. The average Bonchev–Trinajstić information content (AvgIpc) is 3.15. The third-order valence-electron chi connectivity index (χ3n) is 4.69. The summed E-state index contributed by atoms with van der Waals surface area (Å²) in [6.45, 7) is 2.61. The molecule has 0 atom stereocenters. The topological polar surface area (TPSA) is 57.1 Å². The monoisotopic (exact) mass is 627 g/mol. The Morgan fingerprint density at radius 2 is 1.82 bits per heavy atom. The van der Waals surface area contributed by atoms with E-state index in [4.69, 9.17) is 49.0 Å². The molecule has 0 saturated carbocycles. The maximum atomic E-state index is 12.4. The number of ether oxygens (including phenoxy) is 3. The molecule has 0 unspecified atom stereocenters. The fourth-order valence-corrected chi connectivity index (χ4v) is 4.36. The summed E-state index contributed by atoms with van der Waals surface area (Å²) in [6, 6.07) is 16.3. The molecule has 0 fully saturated rings. The van der Waals surface area contributed by atoms with Crippen LogP contribution in [-0.2, 0) is 16.1 Å². The van der Waals surface area contributed by atoms with Crippen LogP contribution in [-0.4, -0.2) is 18.5 Å². The van der Waals surface area contributed by atoms with E-state index >= 15 is 0 Å². The van der Waals surface area contributed by atoms with Gasteiger partial charge in [0.15, 0.2) is 17.2 Å². The molecule has 0 amide bonds. The van der Waals surface area contributed by atoms with Gasteiger partial charge in [-0.05, 0) is 89.2 Å². The highest BCUT2D eigenvalue weighted by Gasteiger charge is 2.25. The summed E-state index contributed by atoms with van der Waals surface area (Å²) in [7, 11) is 0. The minimum absolute atomic E-state index is 0.118. The molecule has 4 rings (SSSR count). The molecule has 34 heavy (non-hydrogen) atoms. The third kappa shape index (κ3) is 5.86. The van der Waals surface area contributed by atoms with Crippen molar-refractivity contribution in [2.45, 2.75) is 13.5 Å². The van der Waals surface area contributed by atoms with E-state index in [1.165, 1.54) is 0 Å². The molecule has 9 heteroatoms. The van der Waals surface area contributed by atoms with Crippen LogP contribution in [0.2, 0.25) is 15.1 Å². The smallest absolute Gasteiger partial charge is 0.363 e. The maximum absolute atomic E-state index is 12.4. The van der Waals surface area contributed by atoms with E-state index in [1.54, 1.807) is 36.4 Å². The summed E-state index contributed by atoms with van der Waals surface area (Å²) in [5.41, 5.74) is 2.28. The van der Waals surface area contributed by atoms with Gasteiger partial charge in [0.1, 0.15) is 6.61 Å². The lowest BCUT2D eigenvalue weighted by Gasteiger charge is -2.15. The molecular formula is C25H17Cl3INO4. The molecule has 3 aromatic carbocycles. The van der Waals surface area contributed by atoms with Crippen molar-refractivity contribution in [3.05, 3.63) is 95.6 Å². The minimum Gasteiger partial charge on any atom is -0.490 e. The average molecular weight is 629 g/mol. The van der Waals surface area contributed by atoms with Crippen molar-refractivity contribution in [3.8, 4) is 11.5 Å². The fraction of sp³-hybridized carbons (Fsp3) is 0.120. The number of hydrogen-bond acceptors (Lipinski definition) is 5. The zero-order chi connectivity index (χ0) is 24.2. The summed E-state index contributed by atoms with van der Waals surface area (Å²) in [4.78, 5) is 16.7. The molecule has 1 aliphatic heterocycles. The molecule has 0 radical (unpaired) electrons. The van der Waals surface area contributed by atoms with Gasteiger partial charge in [-0.1, -0.05) is 46.9 Å². The van der Waals surface area contributed by atoms with Crippen molar-refractivity contribution in [1.82, 2.24) is 0 Å². The Kier molecular flexibility index (Phi) is 8.03. The highest BCUT2D eigenvalue weighted by molar-refractivity contribution is 14.1. The van der Waals surface area contributed by atoms with Gasteiger partial charge < -0.3 is 14.2 Å². The molecule has 1 aliphatic rings. The van der Waals surface area contributed by atoms with Crippen molar-refractivity contribution in [2.24, 2.45) is 4.99 Å². The van der Waals surface area contributed by atoms with Gasteiger partial charge in [-0.3, -0.25) is 0 Å². The molecule has 1 heterocycles. The van der Waals surface area contributed by atoms with Crippen molar-refractivity contribution < 1.29 is 19.0 Å². The Hall–Kier alpha value is -2.26. The van der Waals surface area contributed by atoms with Crippen LogP contribution in [0.4, 0.5) is 0 Å². The van der Waals surface area contributed by atoms with E-state index in [2.05, 4.69) is 27.6 Å². The van der Waals surface area contributed by atoms with Crippen LogP contribution in [0.5, 0.6) is 11.5 Å². The minimum atomic E-state index is -0.589. The van der Waals surface area contributed by atoms with Crippen LogP contribution >= 0.6 is 57.4 Å². The van der Waals surface area contributed by atoms with Gasteiger partial charge >= 0.3 is 5.97 Å². The number of halogens is 4. The van der Waals surface area contributed by atoms with Gasteiger partial charge in [0.25, 0.3) is 0 Å². The molecule has 0 spiro atoms. The SMILES string of the molecule is CCOc1cc(/C=C2\N=C(c3ccc(Cl)c(Cl)c3)OC2=O)cc(Cl)c1OCc1cccc(I)c1. The number of cyclic esters (lactones) is 1. The fourth-order valence-electron chi connectivity index (χ4n) is 3.18. The van der Waals surface area contributed by atoms with Gasteiger partial charge in [0.05, 0.1) is 21.7 Å². The number of esters is 1. The zero-order valence-corrected chi connectivity index (χ0v) is 22.2. The number of hydrogen-bond donors (Lipinski definition) is 0. The number of nitrogens with zero attached hydrogens (tertiary/aromatic N) is 1. The maximum Gasteiger partial charge on any atom is 0.363 e. The van der Waals surface area contributed by atoms with E-state index in [0.717, 1.165) is 9.13 Å². The number of carbonyl (C=O) groups is 1. The summed E-state index contributed by atoms with van der Waals surface area (Å²) in [5, 5.41) is 1.08. The molecule has 0 aliphatic carbocycles. The predicted molar refractivity (Wildman–Crippen MR) is 143 cm³/mol. The molecule has 0 N–H and O–H groups in total. The van der Waals surface area contributed by atoms with Gasteiger partial charge in [0.2, 0.25) is 5.90 Å². The first-order chi connectivity index (χ1) is 16.3. The molecular weight excluding hydrogens is 612 g/mol. The second kappa shape index (κ2) is 11.0. The summed E-state index contributed by atoms with van der Waals surface area (Å²) >= 11 is 20.8. The van der Waals surface area contributed by atoms with E-state index in [1.807, 2.05) is 31.2 Å². The number of aliphatic imine (C=N–C) groups is 1. The van der Waals surface area contributed by atoms with Crippen LogP contribution in [0.25, 0.3) is 6.08 Å². The molecule has 0 saturated heterocycles. The molecule has 174 valence electrons. The first kappa shape index (κ1) is 24.9. The van der Waals surface area contributed by atoms with Gasteiger partial charge in [-0.2, -0.15) is 0 Å². The first-order valence-corrected chi connectivity index (χ1v) is 12.4. The largest absolute Gasteiger partial charge is 0.490 e. The highest BCUT2D eigenvalue weighted by Crippen LogP contribution is 2.38. The van der Waals surface area contributed by atoms with E-state index in [0.29, 0.717) is 50.9 Å². The van der Waals surface area contributed by atoms with Crippen molar-refractivity contribution in [3.63, 3.8) is 0 Å². The second-order valence-electron chi connectivity index (χ2n) is 7.15. The lowest BCUT2D eigenvalue weighted by Crippen LogP contribution is -2.05. The van der Waals surface area contributed by atoms with E-state index < -0.39 is 5.97 Å². The van der Waals surface area contributed by atoms with Crippen molar-refractivity contribution >= 4 is 75.3 Å². The van der Waals surface area contributed by atoms with Crippen LogP contribution in [0.15, 0.2) is 65.3 Å². The zero-order valence-electron chi connectivity index (χ0n) is 17.8. The van der Waals surface area contributed by atoms with E-state index in [-0.39, 0.29) is 11.6 Å². The Labute approximate surface area is 225 Å². The Morgan fingerprint density at radius 3 is 2.56 bits per heavy atom. The van der Waals surface area contributed by atoms with Crippen LogP contribution in [0.3, 0.4) is 0 Å². The van der Waals surface area contributed by atoms with Crippen LogP contribution < -0.4 is 9.47 Å². The van der Waals surface area contributed by atoms with E-state index in [9.17, 15) is 4.79 Å². The van der Waals surface area contributed by atoms with Crippen LogP contribution in [0.1, 0.15) is 23.6 Å². The van der Waals surface area contributed by atoms with Crippen molar-refractivity contribution in [2.75, 3.05) is 6.61 Å². The van der Waals surface area contributed by atoms with Gasteiger partial charge in [-0.15, -0.1) is 0 Å². The lowest BCUT2D eigenvalue weighted by molar-refractivity contribution is -0.129. The summed E-state index contributed by atoms with van der Waals surface area (Å²) in [6.07, 6.45) is 1.57. The van der Waals surface area contributed by atoms with Gasteiger partial charge in [-0.25, -0.2) is 9.79 Å². The Balaban J connectivity index is 1.61. The third-order valence-corrected chi connectivity index (χ3v) is 6.39. The van der Waals surface area contributed by atoms with Crippen LogP contribution in [0, 0.1) is 3.57 Å². The lowest BCUT2D eigenvalue weighted by atomic mass is 10.1. The molecule has 0 aromatic heterocycles. The standard InChI is InChI=1S/C25H17Cl3INO4/c1-2-32-22-11-15(9-20(28)23(22)33-13-14-4-3-5-17(29)8-14)10-21-25(31)34-24(30-21)16-6-7-18(26)19(27)12-16/h3-12H,2,13H2,1H3/b21-10-. The predicted octanol–water partition coefficient (Wildman–Crippen LogP) is 7.57. The second-order valence-corrected chi connectivity index (χ2v) is 9.61. The highest BCUT2D eigenvalue weighted by atomic mass is 127. The number of rotatable bonds is 7. The van der Waals surface area contributed by atoms with Crippen molar-refractivity contribution in [1.29, 1.82) is 0 Å². The number of benzene rings is 3. The molecule has 3 aromatic rings. The Bertz CT molecular complexity index is 1320. The summed E-state index contributed by atoms with van der Waals surface area (Å²) < 4.78 is 18.2. The van der Waals surface area contributed by atoms with Gasteiger partial charge in [0, 0.05) is 9.13 Å². The Morgan fingerprint density at radius 1 is 1.00 bits per heavy atom.